The van der Waals surface area contributed by atoms with Crippen LogP contribution in [0.3, 0.4) is 0 Å². The molecule has 3 nitrogen and oxygen atoms in total. The smallest absolute Gasteiger partial charge is 0.0803 e. The Kier molecular flexibility index (Phi) is 3.98. The fourth-order valence-electron chi connectivity index (χ4n) is 1.31. The number of nitrogens with one attached hydrogen (secondary N) is 1. The molecule has 1 aliphatic rings. The van der Waals surface area contributed by atoms with Gasteiger partial charge in [-0.25, -0.2) is 0 Å². The molecule has 1 fully saturated rings. The SMILES string of the molecule is CC(O)C(C)OCC1CCCN1. The van der Waals surface area contributed by atoms with E-state index in [0.29, 0.717) is 6.04 Å². The first kappa shape index (κ1) is 9.96. The lowest BCUT2D eigenvalue weighted by Gasteiger charge is -2.18. The molecule has 1 saturated heterocycles. The van der Waals surface area contributed by atoms with Crippen LogP contribution in [0.5, 0.6) is 0 Å². The summed E-state index contributed by atoms with van der Waals surface area (Å²) >= 11 is 0. The lowest BCUT2D eigenvalue weighted by atomic mass is 10.2. The standard InChI is InChI=1S/C9H19NO2/c1-7(11)8(2)12-6-9-4-3-5-10-9/h7-11H,3-6H2,1-2H3. The maximum atomic E-state index is 9.15. The van der Waals surface area contributed by atoms with E-state index in [4.69, 9.17) is 9.84 Å². The lowest BCUT2D eigenvalue weighted by Crippen LogP contribution is -2.32. The molecule has 1 rings (SSSR count). The van der Waals surface area contributed by atoms with Crippen LogP contribution in [-0.2, 0) is 4.74 Å². The van der Waals surface area contributed by atoms with Gasteiger partial charge >= 0.3 is 0 Å². The van der Waals surface area contributed by atoms with Gasteiger partial charge in [0, 0.05) is 6.04 Å². The molecular formula is C9H19NO2. The molecule has 0 bridgehead atoms. The number of aliphatic hydroxyl groups is 1. The van der Waals surface area contributed by atoms with Crippen LogP contribution in [0.4, 0.5) is 0 Å². The second-order valence-corrected chi connectivity index (χ2v) is 3.57. The van der Waals surface area contributed by atoms with Crippen LogP contribution in [0.25, 0.3) is 0 Å². The van der Waals surface area contributed by atoms with E-state index in [-0.39, 0.29) is 12.2 Å². The summed E-state index contributed by atoms with van der Waals surface area (Å²) in [4.78, 5) is 0. The van der Waals surface area contributed by atoms with E-state index in [1.807, 2.05) is 6.92 Å². The summed E-state index contributed by atoms with van der Waals surface area (Å²) in [6.45, 7) is 5.50. The maximum absolute atomic E-state index is 9.15. The molecule has 0 aromatic rings. The Bertz CT molecular complexity index is 120. The second kappa shape index (κ2) is 4.80. The van der Waals surface area contributed by atoms with Crippen LogP contribution in [0.15, 0.2) is 0 Å². The van der Waals surface area contributed by atoms with Crippen molar-refractivity contribution in [2.24, 2.45) is 0 Å². The molecule has 1 aliphatic heterocycles. The van der Waals surface area contributed by atoms with Crippen LogP contribution in [0.1, 0.15) is 26.7 Å². The first-order valence-electron chi connectivity index (χ1n) is 4.73. The number of ether oxygens (including phenoxy) is 1. The van der Waals surface area contributed by atoms with Gasteiger partial charge in [0.25, 0.3) is 0 Å². The fraction of sp³-hybridized carbons (Fsp3) is 1.00. The molecule has 3 atom stereocenters. The molecule has 72 valence electrons. The summed E-state index contributed by atoms with van der Waals surface area (Å²) < 4.78 is 5.47. The normalized spacial score (nSPS) is 28.8. The van der Waals surface area contributed by atoms with Crippen LogP contribution >= 0.6 is 0 Å². The van der Waals surface area contributed by atoms with Crippen LogP contribution in [-0.4, -0.2) is 36.5 Å². The summed E-state index contributed by atoms with van der Waals surface area (Å²) in [6.07, 6.45) is 2.03. The molecule has 0 spiro atoms. The molecule has 2 N–H and O–H groups in total. The first-order chi connectivity index (χ1) is 5.70. The molecule has 0 radical (unpaired) electrons. The van der Waals surface area contributed by atoms with Gasteiger partial charge < -0.3 is 15.2 Å². The van der Waals surface area contributed by atoms with E-state index in [1.54, 1.807) is 6.92 Å². The molecule has 3 heteroatoms. The van der Waals surface area contributed by atoms with E-state index in [2.05, 4.69) is 5.32 Å². The van der Waals surface area contributed by atoms with E-state index in [0.717, 1.165) is 13.2 Å². The summed E-state index contributed by atoms with van der Waals surface area (Å²) in [7, 11) is 0. The van der Waals surface area contributed by atoms with Gasteiger partial charge in [-0.05, 0) is 33.2 Å². The average Bonchev–Trinajstić information content (AvgIpc) is 2.51. The van der Waals surface area contributed by atoms with Gasteiger partial charge in [0.2, 0.25) is 0 Å². The number of hydrogen-bond acceptors (Lipinski definition) is 3. The molecule has 12 heavy (non-hydrogen) atoms. The molecule has 1 heterocycles. The highest BCUT2D eigenvalue weighted by Gasteiger charge is 2.16. The maximum Gasteiger partial charge on any atom is 0.0803 e. The van der Waals surface area contributed by atoms with Crippen molar-refractivity contribution in [2.75, 3.05) is 13.2 Å². The van der Waals surface area contributed by atoms with Crippen molar-refractivity contribution in [3.8, 4) is 0 Å². The Hall–Kier alpha value is -0.120. The topological polar surface area (TPSA) is 41.5 Å². The third kappa shape index (κ3) is 3.09. The number of hydrogen-bond donors (Lipinski definition) is 2. The van der Waals surface area contributed by atoms with Gasteiger partial charge in [0.15, 0.2) is 0 Å². The van der Waals surface area contributed by atoms with Crippen molar-refractivity contribution in [3.05, 3.63) is 0 Å². The Morgan fingerprint density at radius 2 is 2.33 bits per heavy atom. The number of aliphatic hydroxyl groups excluding tert-OH is 1. The predicted molar refractivity (Wildman–Crippen MR) is 48.1 cm³/mol. The van der Waals surface area contributed by atoms with Crippen LogP contribution in [0, 0.1) is 0 Å². The van der Waals surface area contributed by atoms with E-state index >= 15 is 0 Å². The zero-order valence-corrected chi connectivity index (χ0v) is 7.92. The van der Waals surface area contributed by atoms with Gasteiger partial charge in [0.1, 0.15) is 0 Å². The quantitative estimate of drug-likeness (QED) is 0.651. The zero-order chi connectivity index (χ0) is 8.97. The number of rotatable bonds is 4. The Morgan fingerprint density at radius 1 is 1.58 bits per heavy atom. The third-order valence-electron chi connectivity index (χ3n) is 2.40. The van der Waals surface area contributed by atoms with Crippen LogP contribution < -0.4 is 5.32 Å². The lowest BCUT2D eigenvalue weighted by molar-refractivity contribution is -0.0244. The van der Waals surface area contributed by atoms with Crippen molar-refractivity contribution < 1.29 is 9.84 Å². The molecule has 3 unspecified atom stereocenters. The van der Waals surface area contributed by atoms with Crippen molar-refractivity contribution in [1.29, 1.82) is 0 Å². The van der Waals surface area contributed by atoms with Crippen molar-refractivity contribution in [1.82, 2.24) is 5.32 Å². The highest BCUT2D eigenvalue weighted by Crippen LogP contribution is 2.07. The molecule has 0 aliphatic carbocycles. The Balaban J connectivity index is 2.07. The molecule has 0 aromatic heterocycles. The van der Waals surface area contributed by atoms with Gasteiger partial charge in [0.05, 0.1) is 18.8 Å². The largest absolute Gasteiger partial charge is 0.391 e. The monoisotopic (exact) mass is 173 g/mol. The van der Waals surface area contributed by atoms with Gasteiger partial charge in [-0.15, -0.1) is 0 Å². The highest BCUT2D eigenvalue weighted by molar-refractivity contribution is 4.74. The Morgan fingerprint density at radius 3 is 2.83 bits per heavy atom. The molecule has 0 aromatic carbocycles. The average molecular weight is 173 g/mol. The molecular weight excluding hydrogens is 154 g/mol. The third-order valence-corrected chi connectivity index (χ3v) is 2.40. The van der Waals surface area contributed by atoms with E-state index in [1.165, 1.54) is 12.8 Å². The zero-order valence-electron chi connectivity index (χ0n) is 7.92. The summed E-state index contributed by atoms with van der Waals surface area (Å²) in [5, 5.41) is 12.5. The van der Waals surface area contributed by atoms with Gasteiger partial charge in [-0.3, -0.25) is 0 Å². The van der Waals surface area contributed by atoms with Crippen LogP contribution in [0.2, 0.25) is 0 Å². The molecule has 0 amide bonds. The fourth-order valence-corrected chi connectivity index (χ4v) is 1.31. The summed E-state index contributed by atoms with van der Waals surface area (Å²) in [5.41, 5.74) is 0. The minimum atomic E-state index is -0.369. The van der Waals surface area contributed by atoms with E-state index < -0.39 is 0 Å². The first-order valence-corrected chi connectivity index (χ1v) is 4.73. The predicted octanol–water partition coefficient (Wildman–Crippen LogP) is 0.524. The minimum absolute atomic E-state index is 0.0487. The van der Waals surface area contributed by atoms with Crippen molar-refractivity contribution in [3.63, 3.8) is 0 Å². The Labute approximate surface area is 74.1 Å². The van der Waals surface area contributed by atoms with Crippen molar-refractivity contribution in [2.45, 2.75) is 44.9 Å². The summed E-state index contributed by atoms with van der Waals surface area (Å²) in [6, 6.07) is 0.506. The highest BCUT2D eigenvalue weighted by atomic mass is 16.5. The van der Waals surface area contributed by atoms with Gasteiger partial charge in [-0.1, -0.05) is 0 Å². The molecule has 0 saturated carbocycles. The minimum Gasteiger partial charge on any atom is -0.391 e. The summed E-state index contributed by atoms with van der Waals surface area (Å²) in [5.74, 6) is 0. The van der Waals surface area contributed by atoms with Gasteiger partial charge in [-0.2, -0.15) is 0 Å². The van der Waals surface area contributed by atoms with E-state index in [9.17, 15) is 0 Å². The second-order valence-electron chi connectivity index (χ2n) is 3.57. The van der Waals surface area contributed by atoms with Crippen molar-refractivity contribution >= 4 is 0 Å².